The fraction of sp³-hybridized carbons (Fsp3) is 0.409. The minimum Gasteiger partial charge on any atom is -0.493 e. The van der Waals surface area contributed by atoms with Crippen LogP contribution in [-0.4, -0.2) is 53.5 Å². The van der Waals surface area contributed by atoms with Gasteiger partial charge in [0.25, 0.3) is 0 Å². The zero-order valence-electron chi connectivity index (χ0n) is 18.3. The molecule has 1 amide bonds. The lowest BCUT2D eigenvalue weighted by Gasteiger charge is -2.20. The molecule has 2 aromatic heterocycles. The van der Waals surface area contributed by atoms with Crippen molar-refractivity contribution in [3.8, 4) is 28.6 Å². The number of hydrogen-bond acceptors (Lipinski definition) is 6. The number of hydrogen-bond donors (Lipinski definition) is 1. The molecule has 11 heteroatoms. The molecule has 1 aliphatic rings. The number of amides is 1. The number of imidazole rings is 1. The van der Waals surface area contributed by atoms with Crippen LogP contribution in [0, 0.1) is 5.92 Å². The molecule has 1 fully saturated rings. The number of fused-ring (bicyclic) bond motifs is 1. The molecule has 176 valence electrons. The Morgan fingerprint density at radius 2 is 1.97 bits per heavy atom. The Morgan fingerprint density at radius 1 is 1.21 bits per heavy atom. The SMILES string of the molecule is COc1ccc(-c2cc3c(ncn3CC(F)(F)F)c(O[C@H](C)C3CNC(=O)C3)n2)cc1OC. The predicted molar refractivity (Wildman–Crippen MR) is 113 cm³/mol. The summed E-state index contributed by atoms with van der Waals surface area (Å²) in [6.07, 6.45) is -3.41. The zero-order chi connectivity index (χ0) is 23.8. The molecule has 0 aliphatic carbocycles. The first-order valence-corrected chi connectivity index (χ1v) is 10.3. The first-order valence-electron chi connectivity index (χ1n) is 10.3. The average Bonchev–Trinajstić information content (AvgIpc) is 3.38. The molecule has 0 saturated carbocycles. The number of aromatic nitrogens is 3. The Morgan fingerprint density at radius 3 is 2.61 bits per heavy atom. The van der Waals surface area contributed by atoms with Crippen LogP contribution in [0.2, 0.25) is 0 Å². The molecule has 8 nitrogen and oxygen atoms in total. The molecule has 0 spiro atoms. The van der Waals surface area contributed by atoms with Crippen LogP contribution in [0.3, 0.4) is 0 Å². The van der Waals surface area contributed by atoms with Crippen molar-refractivity contribution >= 4 is 16.9 Å². The third-order valence-corrected chi connectivity index (χ3v) is 5.58. The van der Waals surface area contributed by atoms with Crippen molar-refractivity contribution in [2.75, 3.05) is 20.8 Å². The summed E-state index contributed by atoms with van der Waals surface area (Å²) in [7, 11) is 3.00. The van der Waals surface area contributed by atoms with E-state index >= 15 is 0 Å². The molecule has 0 radical (unpaired) electrons. The summed E-state index contributed by atoms with van der Waals surface area (Å²) in [6, 6.07) is 6.64. The van der Waals surface area contributed by atoms with Gasteiger partial charge < -0.3 is 24.1 Å². The predicted octanol–water partition coefficient (Wildman–Crippen LogP) is 3.58. The van der Waals surface area contributed by atoms with Crippen molar-refractivity contribution in [3.63, 3.8) is 0 Å². The molecular formula is C22H23F3N4O4. The standard InChI is InChI=1S/C22H23F3N4O4/c1-12(14-7-19(30)26-9-14)33-21-20-16(29(11-27-20)10-22(23,24)25)8-15(28-21)13-4-5-17(31-2)18(6-13)32-3/h4-6,8,11-12,14H,7,9-10H2,1-3H3,(H,26,30)/t12-,14?/m1/s1. The van der Waals surface area contributed by atoms with Crippen molar-refractivity contribution < 1.29 is 32.2 Å². The highest BCUT2D eigenvalue weighted by Crippen LogP contribution is 2.35. The summed E-state index contributed by atoms with van der Waals surface area (Å²) in [6.45, 7) is 1.06. The third kappa shape index (κ3) is 4.81. The van der Waals surface area contributed by atoms with Gasteiger partial charge in [0.1, 0.15) is 12.6 Å². The van der Waals surface area contributed by atoms with Crippen molar-refractivity contribution in [3.05, 3.63) is 30.6 Å². The number of methoxy groups -OCH3 is 2. The fourth-order valence-corrected chi connectivity index (χ4v) is 3.81. The Balaban J connectivity index is 1.79. The lowest BCUT2D eigenvalue weighted by atomic mass is 10.0. The van der Waals surface area contributed by atoms with Gasteiger partial charge in [0.2, 0.25) is 11.8 Å². The van der Waals surface area contributed by atoms with Crippen LogP contribution in [0.4, 0.5) is 13.2 Å². The first-order chi connectivity index (χ1) is 15.7. The molecule has 1 aliphatic heterocycles. The number of benzene rings is 1. The highest BCUT2D eigenvalue weighted by atomic mass is 19.4. The van der Waals surface area contributed by atoms with Crippen LogP contribution in [-0.2, 0) is 11.3 Å². The van der Waals surface area contributed by atoms with Crippen LogP contribution in [0.15, 0.2) is 30.6 Å². The third-order valence-electron chi connectivity index (χ3n) is 5.58. The minimum atomic E-state index is -4.43. The summed E-state index contributed by atoms with van der Waals surface area (Å²) >= 11 is 0. The molecule has 1 unspecified atom stereocenters. The summed E-state index contributed by atoms with van der Waals surface area (Å²) in [5, 5.41) is 2.75. The van der Waals surface area contributed by atoms with E-state index in [1.54, 1.807) is 25.1 Å². The molecule has 3 heterocycles. The maximum Gasteiger partial charge on any atom is 0.406 e. The van der Waals surface area contributed by atoms with Crippen molar-refractivity contribution in [2.24, 2.45) is 5.92 Å². The van der Waals surface area contributed by atoms with E-state index in [1.165, 1.54) is 20.3 Å². The Bertz CT molecular complexity index is 1180. The molecule has 3 aromatic rings. The summed E-state index contributed by atoms with van der Waals surface area (Å²) < 4.78 is 57.1. The Hall–Kier alpha value is -3.50. The van der Waals surface area contributed by atoms with Crippen LogP contribution < -0.4 is 19.5 Å². The van der Waals surface area contributed by atoms with Crippen LogP contribution in [0.25, 0.3) is 22.3 Å². The van der Waals surface area contributed by atoms with E-state index < -0.39 is 18.8 Å². The summed E-state index contributed by atoms with van der Waals surface area (Å²) in [4.78, 5) is 20.3. The van der Waals surface area contributed by atoms with Crippen molar-refractivity contribution in [1.29, 1.82) is 0 Å². The summed E-state index contributed by atoms with van der Waals surface area (Å²) in [5.41, 5.74) is 1.43. The Labute approximate surface area is 187 Å². The van der Waals surface area contributed by atoms with Gasteiger partial charge >= 0.3 is 6.18 Å². The molecule has 33 heavy (non-hydrogen) atoms. The van der Waals surface area contributed by atoms with Gasteiger partial charge in [-0.05, 0) is 31.2 Å². The van der Waals surface area contributed by atoms with E-state index in [0.717, 1.165) is 10.9 Å². The number of ether oxygens (including phenoxy) is 3. The number of pyridine rings is 1. The second-order valence-electron chi connectivity index (χ2n) is 7.83. The van der Waals surface area contributed by atoms with E-state index in [-0.39, 0.29) is 28.7 Å². The van der Waals surface area contributed by atoms with Crippen molar-refractivity contribution in [1.82, 2.24) is 19.9 Å². The van der Waals surface area contributed by atoms with Gasteiger partial charge in [0.05, 0.1) is 31.8 Å². The molecular weight excluding hydrogens is 441 g/mol. The average molecular weight is 464 g/mol. The van der Waals surface area contributed by atoms with E-state index in [2.05, 4.69) is 15.3 Å². The number of nitrogens with zero attached hydrogens (tertiary/aromatic N) is 3. The highest BCUT2D eigenvalue weighted by Gasteiger charge is 2.31. The molecule has 1 aromatic carbocycles. The maximum atomic E-state index is 13.1. The molecule has 1 N–H and O–H groups in total. The van der Waals surface area contributed by atoms with Crippen LogP contribution >= 0.6 is 0 Å². The largest absolute Gasteiger partial charge is 0.493 e. The lowest BCUT2D eigenvalue weighted by Crippen LogP contribution is -2.26. The topological polar surface area (TPSA) is 87.5 Å². The van der Waals surface area contributed by atoms with E-state index in [9.17, 15) is 18.0 Å². The molecule has 2 atom stereocenters. The van der Waals surface area contributed by atoms with Crippen molar-refractivity contribution in [2.45, 2.75) is 32.2 Å². The molecule has 4 rings (SSSR count). The number of nitrogens with one attached hydrogen (secondary N) is 1. The van der Waals surface area contributed by atoms with E-state index in [0.29, 0.717) is 35.7 Å². The minimum absolute atomic E-state index is 0.0675. The highest BCUT2D eigenvalue weighted by molar-refractivity contribution is 5.85. The second-order valence-corrected chi connectivity index (χ2v) is 7.83. The van der Waals surface area contributed by atoms with Gasteiger partial charge in [-0.2, -0.15) is 13.2 Å². The number of alkyl halides is 3. The second kappa shape index (κ2) is 8.80. The smallest absolute Gasteiger partial charge is 0.406 e. The summed E-state index contributed by atoms with van der Waals surface area (Å²) in [5.74, 6) is 0.906. The zero-order valence-corrected chi connectivity index (χ0v) is 18.3. The van der Waals surface area contributed by atoms with Gasteiger partial charge in [0.15, 0.2) is 17.0 Å². The van der Waals surface area contributed by atoms with Gasteiger partial charge in [0, 0.05) is 24.4 Å². The number of carbonyl (C=O) groups is 1. The fourth-order valence-electron chi connectivity index (χ4n) is 3.81. The lowest BCUT2D eigenvalue weighted by molar-refractivity contribution is -0.140. The van der Waals surface area contributed by atoms with Gasteiger partial charge in [-0.3, -0.25) is 4.79 Å². The monoisotopic (exact) mass is 464 g/mol. The normalized spacial score (nSPS) is 17.2. The van der Waals surface area contributed by atoms with Gasteiger partial charge in [-0.25, -0.2) is 9.97 Å². The van der Waals surface area contributed by atoms with Crippen LogP contribution in [0.1, 0.15) is 13.3 Å². The van der Waals surface area contributed by atoms with Gasteiger partial charge in [-0.15, -0.1) is 0 Å². The van der Waals surface area contributed by atoms with Crippen LogP contribution in [0.5, 0.6) is 17.4 Å². The Kier molecular flexibility index (Phi) is 6.05. The number of carbonyl (C=O) groups excluding carboxylic acids is 1. The van der Waals surface area contributed by atoms with E-state index in [4.69, 9.17) is 14.2 Å². The quantitative estimate of drug-likeness (QED) is 0.575. The first kappa shape index (κ1) is 22.7. The number of halogens is 3. The maximum absolute atomic E-state index is 13.1. The number of rotatable bonds is 7. The van der Waals surface area contributed by atoms with E-state index in [1.807, 2.05) is 0 Å². The molecule has 1 saturated heterocycles. The molecule has 0 bridgehead atoms. The van der Waals surface area contributed by atoms with Gasteiger partial charge in [-0.1, -0.05) is 0 Å².